The Morgan fingerprint density at radius 2 is 1.91 bits per heavy atom. The van der Waals surface area contributed by atoms with E-state index in [1.54, 1.807) is 10.9 Å². The molecule has 5 aromatic rings. The lowest BCUT2D eigenvalue weighted by molar-refractivity contribution is 0.102. The number of nitrogens with one attached hydrogen (secondary N) is 1. The quantitative estimate of drug-likeness (QED) is 0.373. The number of nitrogens with zero attached hydrogens (tertiary/aromatic N) is 5. The van der Waals surface area contributed by atoms with Crippen LogP contribution in [0.25, 0.3) is 22.2 Å². The van der Waals surface area contributed by atoms with Crippen LogP contribution < -0.4 is 5.32 Å². The Hall–Kier alpha value is -3.97. The topological polar surface area (TPSA) is 77.6 Å². The van der Waals surface area contributed by atoms with Gasteiger partial charge in [-0.2, -0.15) is 10.2 Å². The summed E-state index contributed by atoms with van der Waals surface area (Å²) in [5.41, 5.74) is 6.21. The van der Waals surface area contributed by atoms with Crippen LogP contribution in [-0.2, 0) is 13.6 Å². The standard InChI is InChI=1S/C26H23ClN6O/c1-16-25(17(2)33(31-16)14-18-7-6-8-20(27)11-18)30-26(34)22-12-24(19-13-28-32(3)15-19)29-23-10-5-4-9-21(22)23/h4-13,15H,14H2,1-3H3,(H,30,34). The molecule has 0 aliphatic rings. The fourth-order valence-corrected chi connectivity index (χ4v) is 4.30. The third-order valence-electron chi connectivity index (χ3n) is 5.80. The normalized spacial score (nSPS) is 11.2. The van der Waals surface area contributed by atoms with Crippen LogP contribution in [0, 0.1) is 13.8 Å². The molecule has 0 unspecified atom stereocenters. The Morgan fingerprint density at radius 1 is 1.09 bits per heavy atom. The molecule has 0 aliphatic heterocycles. The lowest BCUT2D eigenvalue weighted by atomic mass is 10.0. The second-order valence-corrected chi connectivity index (χ2v) is 8.70. The summed E-state index contributed by atoms with van der Waals surface area (Å²) < 4.78 is 3.59. The molecule has 0 atom stereocenters. The molecule has 3 aromatic heterocycles. The Bertz CT molecular complexity index is 1530. The van der Waals surface area contributed by atoms with Gasteiger partial charge in [0.05, 0.1) is 46.6 Å². The summed E-state index contributed by atoms with van der Waals surface area (Å²) >= 11 is 6.13. The highest BCUT2D eigenvalue weighted by molar-refractivity contribution is 6.30. The molecule has 8 heteroatoms. The summed E-state index contributed by atoms with van der Waals surface area (Å²) in [4.78, 5) is 18.3. The molecular weight excluding hydrogens is 448 g/mol. The van der Waals surface area contributed by atoms with Gasteiger partial charge in [0.25, 0.3) is 5.91 Å². The maximum atomic E-state index is 13.5. The number of para-hydroxylation sites is 1. The van der Waals surface area contributed by atoms with Crippen LogP contribution in [-0.4, -0.2) is 30.5 Å². The van der Waals surface area contributed by atoms with Crippen molar-refractivity contribution in [3.8, 4) is 11.3 Å². The van der Waals surface area contributed by atoms with Crippen molar-refractivity contribution in [2.45, 2.75) is 20.4 Å². The SMILES string of the molecule is Cc1nn(Cc2cccc(Cl)c2)c(C)c1NC(=O)c1cc(-c2cnn(C)c2)nc2ccccc12. The third kappa shape index (κ3) is 4.18. The van der Waals surface area contributed by atoms with E-state index < -0.39 is 0 Å². The first-order valence-corrected chi connectivity index (χ1v) is 11.3. The van der Waals surface area contributed by atoms with Crippen LogP contribution in [0.5, 0.6) is 0 Å². The summed E-state index contributed by atoms with van der Waals surface area (Å²) in [5, 5.41) is 13.4. The number of carbonyl (C=O) groups excluding carboxylic acids is 1. The molecule has 0 fully saturated rings. The van der Waals surface area contributed by atoms with Crippen LogP contribution in [0.15, 0.2) is 67.0 Å². The predicted molar refractivity (Wildman–Crippen MR) is 134 cm³/mol. The van der Waals surface area contributed by atoms with Gasteiger partial charge in [-0.05, 0) is 43.7 Å². The maximum Gasteiger partial charge on any atom is 0.256 e. The van der Waals surface area contributed by atoms with Gasteiger partial charge in [-0.15, -0.1) is 0 Å². The van der Waals surface area contributed by atoms with Crippen molar-refractivity contribution in [1.82, 2.24) is 24.5 Å². The van der Waals surface area contributed by atoms with E-state index >= 15 is 0 Å². The molecule has 1 amide bonds. The molecule has 7 nitrogen and oxygen atoms in total. The first-order valence-electron chi connectivity index (χ1n) is 10.9. The monoisotopic (exact) mass is 470 g/mol. The molecule has 0 bridgehead atoms. The van der Waals surface area contributed by atoms with Crippen molar-refractivity contribution < 1.29 is 4.79 Å². The minimum Gasteiger partial charge on any atom is -0.319 e. The molecule has 0 saturated heterocycles. The summed E-state index contributed by atoms with van der Waals surface area (Å²) in [6, 6.07) is 17.1. The Morgan fingerprint density at radius 3 is 2.68 bits per heavy atom. The number of rotatable bonds is 5. The van der Waals surface area contributed by atoms with E-state index in [0.717, 1.165) is 33.4 Å². The predicted octanol–water partition coefficient (Wildman–Crippen LogP) is 5.40. The number of benzene rings is 2. The first-order chi connectivity index (χ1) is 16.4. The van der Waals surface area contributed by atoms with Crippen LogP contribution in [0.4, 0.5) is 5.69 Å². The fourth-order valence-electron chi connectivity index (χ4n) is 4.09. The number of halogens is 1. The number of aryl methyl sites for hydroxylation is 2. The minimum absolute atomic E-state index is 0.211. The highest BCUT2D eigenvalue weighted by Gasteiger charge is 2.19. The van der Waals surface area contributed by atoms with Crippen LogP contribution in [0.1, 0.15) is 27.3 Å². The van der Waals surface area contributed by atoms with Gasteiger partial charge in [0.15, 0.2) is 0 Å². The average Bonchev–Trinajstić information content (AvgIpc) is 3.37. The molecule has 0 radical (unpaired) electrons. The third-order valence-corrected chi connectivity index (χ3v) is 6.04. The number of carbonyl (C=O) groups is 1. The van der Waals surface area contributed by atoms with Crippen molar-refractivity contribution in [3.05, 3.63) is 94.5 Å². The average molecular weight is 471 g/mol. The zero-order valence-electron chi connectivity index (χ0n) is 19.1. The van der Waals surface area contributed by atoms with E-state index in [2.05, 4.69) is 15.5 Å². The van der Waals surface area contributed by atoms with Gasteiger partial charge < -0.3 is 5.32 Å². The number of hydrogen-bond acceptors (Lipinski definition) is 4. The van der Waals surface area contributed by atoms with Crippen molar-refractivity contribution >= 4 is 34.1 Å². The lowest BCUT2D eigenvalue weighted by Gasteiger charge is -2.11. The van der Waals surface area contributed by atoms with Gasteiger partial charge in [-0.1, -0.05) is 41.9 Å². The molecule has 34 heavy (non-hydrogen) atoms. The van der Waals surface area contributed by atoms with Crippen molar-refractivity contribution in [2.24, 2.45) is 7.05 Å². The van der Waals surface area contributed by atoms with E-state index in [0.29, 0.717) is 28.5 Å². The van der Waals surface area contributed by atoms with Gasteiger partial charge in [0, 0.05) is 29.2 Å². The van der Waals surface area contributed by atoms with E-state index in [-0.39, 0.29) is 5.91 Å². The molecule has 3 heterocycles. The molecule has 0 aliphatic carbocycles. The lowest BCUT2D eigenvalue weighted by Crippen LogP contribution is -2.14. The number of anilines is 1. The van der Waals surface area contributed by atoms with E-state index in [4.69, 9.17) is 16.6 Å². The maximum absolute atomic E-state index is 13.5. The summed E-state index contributed by atoms with van der Waals surface area (Å²) in [6.45, 7) is 4.40. The number of hydrogen-bond donors (Lipinski definition) is 1. The van der Waals surface area contributed by atoms with Gasteiger partial charge in [0.2, 0.25) is 0 Å². The summed E-state index contributed by atoms with van der Waals surface area (Å²) in [7, 11) is 1.85. The van der Waals surface area contributed by atoms with E-state index in [1.807, 2.05) is 86.4 Å². The largest absolute Gasteiger partial charge is 0.319 e. The van der Waals surface area contributed by atoms with Crippen LogP contribution >= 0.6 is 11.6 Å². The van der Waals surface area contributed by atoms with Crippen molar-refractivity contribution in [2.75, 3.05) is 5.32 Å². The van der Waals surface area contributed by atoms with Gasteiger partial charge >= 0.3 is 0 Å². The zero-order valence-corrected chi connectivity index (χ0v) is 19.8. The Kier molecular flexibility index (Phi) is 5.63. The summed E-state index contributed by atoms with van der Waals surface area (Å²) in [5.74, 6) is -0.211. The Balaban J connectivity index is 1.50. The minimum atomic E-state index is -0.211. The molecule has 1 N–H and O–H groups in total. The first kappa shape index (κ1) is 21.9. The van der Waals surface area contributed by atoms with Crippen LogP contribution in [0.3, 0.4) is 0 Å². The highest BCUT2D eigenvalue weighted by Crippen LogP contribution is 2.27. The zero-order chi connectivity index (χ0) is 23.8. The van der Waals surface area contributed by atoms with E-state index in [1.165, 1.54) is 0 Å². The molecule has 170 valence electrons. The van der Waals surface area contributed by atoms with Crippen LogP contribution in [0.2, 0.25) is 5.02 Å². The van der Waals surface area contributed by atoms with Crippen molar-refractivity contribution in [1.29, 1.82) is 0 Å². The second kappa shape index (κ2) is 8.76. The Labute approximate surface area is 202 Å². The number of fused-ring (bicyclic) bond motifs is 1. The molecular formula is C26H23ClN6O. The second-order valence-electron chi connectivity index (χ2n) is 8.26. The smallest absolute Gasteiger partial charge is 0.256 e. The van der Waals surface area contributed by atoms with Crippen molar-refractivity contribution in [3.63, 3.8) is 0 Å². The molecule has 5 rings (SSSR count). The molecule has 0 spiro atoms. The molecule has 0 saturated carbocycles. The van der Waals surface area contributed by atoms with Gasteiger partial charge in [-0.25, -0.2) is 4.98 Å². The molecule has 2 aromatic carbocycles. The number of aromatic nitrogens is 5. The van der Waals surface area contributed by atoms with Gasteiger partial charge in [0.1, 0.15) is 0 Å². The number of pyridine rings is 1. The summed E-state index contributed by atoms with van der Waals surface area (Å²) in [6.07, 6.45) is 3.62. The fraction of sp³-hybridized carbons (Fsp3) is 0.154. The van der Waals surface area contributed by atoms with E-state index in [9.17, 15) is 4.79 Å². The highest BCUT2D eigenvalue weighted by atomic mass is 35.5. The van der Waals surface area contributed by atoms with Gasteiger partial charge in [-0.3, -0.25) is 14.2 Å². The number of amides is 1.